The summed E-state index contributed by atoms with van der Waals surface area (Å²) in [4.78, 5) is 18.5. The molecule has 0 atom stereocenters. The number of anilines is 2. The molecule has 1 aromatic carbocycles. The van der Waals surface area contributed by atoms with E-state index < -0.39 is 0 Å². The first-order valence-corrected chi connectivity index (χ1v) is 9.31. The average molecular weight is 375 g/mol. The van der Waals surface area contributed by atoms with Gasteiger partial charge in [-0.2, -0.15) is 0 Å². The second kappa shape index (κ2) is 9.29. The minimum atomic E-state index is -0.0575. The Balaban J connectivity index is 2.16. The van der Waals surface area contributed by atoms with E-state index in [0.717, 1.165) is 23.4 Å². The Morgan fingerprint density at radius 3 is 2.84 bits per heavy atom. The summed E-state index contributed by atoms with van der Waals surface area (Å²) in [5, 5.41) is 9.24. The highest BCUT2D eigenvalue weighted by Gasteiger charge is 2.20. The van der Waals surface area contributed by atoms with Gasteiger partial charge in [0.2, 0.25) is 5.91 Å². The molecule has 1 amide bonds. The number of rotatable bonds is 7. The number of thiazole rings is 1. The van der Waals surface area contributed by atoms with Crippen LogP contribution in [0.25, 0.3) is 0 Å². The van der Waals surface area contributed by atoms with E-state index in [9.17, 15) is 4.79 Å². The number of aryl methyl sites for hydroxylation is 1. The van der Waals surface area contributed by atoms with Crippen LogP contribution in [0, 0.1) is 0 Å². The Bertz CT molecular complexity index is 757. The van der Waals surface area contributed by atoms with E-state index in [1.54, 1.807) is 17.9 Å². The molecule has 0 saturated heterocycles. The number of hydrogen-bond donors (Lipinski definition) is 2. The van der Waals surface area contributed by atoms with Crippen LogP contribution < -0.4 is 15.5 Å². The van der Waals surface area contributed by atoms with Crippen molar-refractivity contribution in [2.45, 2.75) is 26.8 Å². The maximum atomic E-state index is 12.2. The molecule has 0 aliphatic carbocycles. The van der Waals surface area contributed by atoms with Crippen LogP contribution in [0.1, 0.15) is 25.1 Å². The van der Waals surface area contributed by atoms with Crippen LogP contribution in [-0.2, 0) is 17.8 Å². The number of amides is 1. The Hall–Kier alpha value is -2.25. The Labute approximate surface area is 157 Å². The molecular formula is C18H22N4OS2. The maximum absolute atomic E-state index is 12.2. The van der Waals surface area contributed by atoms with Crippen molar-refractivity contribution >= 4 is 45.4 Å². The maximum Gasteiger partial charge on any atom is 0.230 e. The zero-order chi connectivity index (χ0) is 18.2. The van der Waals surface area contributed by atoms with Gasteiger partial charge in [-0.25, -0.2) is 4.98 Å². The van der Waals surface area contributed by atoms with E-state index in [-0.39, 0.29) is 5.91 Å². The minimum Gasteiger partial charge on any atom is -0.359 e. The van der Waals surface area contributed by atoms with E-state index >= 15 is 0 Å². The molecule has 2 rings (SSSR count). The van der Waals surface area contributed by atoms with E-state index in [0.29, 0.717) is 23.3 Å². The summed E-state index contributed by atoms with van der Waals surface area (Å²) >= 11 is 6.61. The van der Waals surface area contributed by atoms with Gasteiger partial charge in [0.15, 0.2) is 10.2 Å². The van der Waals surface area contributed by atoms with E-state index in [2.05, 4.69) is 29.1 Å². The van der Waals surface area contributed by atoms with Crippen molar-refractivity contribution < 1.29 is 4.79 Å². The first-order chi connectivity index (χ1) is 12.1. The van der Waals surface area contributed by atoms with Gasteiger partial charge in [-0.3, -0.25) is 9.69 Å². The number of thiocarbonyl (C=S) groups is 1. The van der Waals surface area contributed by atoms with Gasteiger partial charge < -0.3 is 10.6 Å². The number of para-hydroxylation sites is 1. The summed E-state index contributed by atoms with van der Waals surface area (Å²) in [5.41, 5.74) is 2.83. The fourth-order valence-corrected chi connectivity index (χ4v) is 3.35. The summed E-state index contributed by atoms with van der Waals surface area (Å²) in [6.07, 6.45) is 2.59. The van der Waals surface area contributed by atoms with E-state index in [4.69, 9.17) is 12.2 Å². The highest BCUT2D eigenvalue weighted by Crippen LogP contribution is 2.31. The van der Waals surface area contributed by atoms with Gasteiger partial charge in [0, 0.05) is 18.8 Å². The van der Waals surface area contributed by atoms with Crippen LogP contribution in [0.5, 0.6) is 0 Å². The topological polar surface area (TPSA) is 57.3 Å². The van der Waals surface area contributed by atoms with Gasteiger partial charge >= 0.3 is 0 Å². The van der Waals surface area contributed by atoms with Crippen molar-refractivity contribution in [2.24, 2.45) is 0 Å². The van der Waals surface area contributed by atoms with Crippen LogP contribution in [0.4, 0.5) is 10.8 Å². The Morgan fingerprint density at radius 1 is 1.40 bits per heavy atom. The molecule has 25 heavy (non-hydrogen) atoms. The molecule has 5 nitrogen and oxygen atoms in total. The smallest absolute Gasteiger partial charge is 0.230 e. The molecule has 2 N–H and O–H groups in total. The number of hydrogen-bond acceptors (Lipinski definition) is 4. The zero-order valence-electron chi connectivity index (χ0n) is 14.4. The lowest BCUT2D eigenvalue weighted by Gasteiger charge is -2.21. The fraction of sp³-hybridized carbons (Fsp3) is 0.278. The van der Waals surface area contributed by atoms with Gasteiger partial charge in [-0.1, -0.05) is 31.2 Å². The summed E-state index contributed by atoms with van der Waals surface area (Å²) in [5.74, 6) is -0.0575. The second-order valence-electron chi connectivity index (χ2n) is 5.31. The predicted molar refractivity (Wildman–Crippen MR) is 108 cm³/mol. The quantitative estimate of drug-likeness (QED) is 0.573. The summed E-state index contributed by atoms with van der Waals surface area (Å²) in [6, 6.07) is 7.90. The van der Waals surface area contributed by atoms with Crippen LogP contribution in [0.15, 0.2) is 42.3 Å². The molecule has 0 aliphatic rings. The fourth-order valence-electron chi connectivity index (χ4n) is 2.31. The van der Waals surface area contributed by atoms with Crippen molar-refractivity contribution in [3.8, 4) is 0 Å². The number of aromatic nitrogens is 1. The molecule has 0 radical (unpaired) electrons. The molecule has 0 fully saturated rings. The van der Waals surface area contributed by atoms with Crippen LogP contribution in [0.3, 0.4) is 0 Å². The number of benzene rings is 1. The lowest BCUT2D eigenvalue weighted by Crippen LogP contribution is -2.34. The predicted octanol–water partition coefficient (Wildman–Crippen LogP) is 3.54. The van der Waals surface area contributed by atoms with Gasteiger partial charge in [-0.05, 0) is 30.3 Å². The lowest BCUT2D eigenvalue weighted by atomic mass is 10.1. The van der Waals surface area contributed by atoms with Gasteiger partial charge in [-0.15, -0.1) is 17.9 Å². The number of carbonyl (C=O) groups excluding carboxylic acids is 1. The third kappa shape index (κ3) is 5.11. The molecule has 0 saturated carbocycles. The second-order valence-corrected chi connectivity index (χ2v) is 6.56. The highest BCUT2D eigenvalue weighted by molar-refractivity contribution is 7.80. The molecule has 2 aromatic rings. The molecule has 0 aliphatic heterocycles. The van der Waals surface area contributed by atoms with Crippen LogP contribution in [-0.4, -0.2) is 22.5 Å². The largest absolute Gasteiger partial charge is 0.359 e. The molecule has 0 spiro atoms. The highest BCUT2D eigenvalue weighted by atomic mass is 32.1. The molecular weight excluding hydrogens is 352 g/mol. The third-order valence-electron chi connectivity index (χ3n) is 3.50. The molecule has 132 valence electrons. The van der Waals surface area contributed by atoms with Gasteiger partial charge in [0.1, 0.15) is 0 Å². The molecule has 1 aromatic heterocycles. The monoisotopic (exact) mass is 374 g/mol. The average Bonchev–Trinajstić information content (AvgIpc) is 3.07. The van der Waals surface area contributed by atoms with Crippen molar-refractivity contribution in [1.29, 1.82) is 0 Å². The van der Waals surface area contributed by atoms with Crippen molar-refractivity contribution in [3.05, 3.63) is 53.6 Å². The number of carbonyl (C=O) groups is 1. The number of nitrogens with zero attached hydrogens (tertiary/aromatic N) is 2. The molecule has 0 bridgehead atoms. The zero-order valence-corrected chi connectivity index (χ0v) is 16.0. The van der Waals surface area contributed by atoms with Crippen LogP contribution in [0.2, 0.25) is 0 Å². The first-order valence-electron chi connectivity index (χ1n) is 8.02. The minimum absolute atomic E-state index is 0.0575. The summed E-state index contributed by atoms with van der Waals surface area (Å²) in [7, 11) is 0. The SMILES string of the molecule is C=CCNC(=S)NCc1csc(N(C(C)=O)c2ccccc2CC)n1. The summed E-state index contributed by atoms with van der Waals surface area (Å²) in [6.45, 7) is 8.38. The Kier molecular flexibility index (Phi) is 7.09. The Morgan fingerprint density at radius 2 is 2.16 bits per heavy atom. The molecule has 7 heteroatoms. The van der Waals surface area contributed by atoms with Gasteiger partial charge in [0.25, 0.3) is 0 Å². The normalized spacial score (nSPS) is 10.2. The van der Waals surface area contributed by atoms with Crippen LogP contribution >= 0.6 is 23.6 Å². The molecule has 1 heterocycles. The summed E-state index contributed by atoms with van der Waals surface area (Å²) < 4.78 is 0. The van der Waals surface area contributed by atoms with Crippen molar-refractivity contribution in [3.63, 3.8) is 0 Å². The lowest BCUT2D eigenvalue weighted by molar-refractivity contribution is -0.115. The third-order valence-corrected chi connectivity index (χ3v) is 4.66. The molecule has 0 unspecified atom stereocenters. The number of nitrogens with one attached hydrogen (secondary N) is 2. The van der Waals surface area contributed by atoms with Crippen molar-refractivity contribution in [2.75, 3.05) is 11.4 Å². The van der Waals surface area contributed by atoms with E-state index in [1.165, 1.54) is 11.3 Å². The van der Waals surface area contributed by atoms with Crippen molar-refractivity contribution in [1.82, 2.24) is 15.6 Å². The van der Waals surface area contributed by atoms with Gasteiger partial charge in [0.05, 0.1) is 17.9 Å². The van der Waals surface area contributed by atoms with E-state index in [1.807, 2.05) is 29.6 Å². The first kappa shape index (κ1) is 19.1. The standard InChI is InChI=1S/C18H22N4OS2/c1-4-10-19-17(24)20-11-15-12-25-18(21-15)22(13(3)23)16-9-7-6-8-14(16)5-2/h4,6-9,12H,1,5,10-11H2,2-3H3,(H2,19,20,24).